The molecular formula is C11H21BrN2O. The number of nitrogens with one attached hydrogen (secondary N) is 1. The molecule has 0 aromatic heterocycles. The van der Waals surface area contributed by atoms with E-state index in [1.165, 1.54) is 25.9 Å². The molecule has 1 heterocycles. The first-order valence-corrected chi connectivity index (χ1v) is 6.89. The summed E-state index contributed by atoms with van der Waals surface area (Å²) in [5.74, 6) is 0.967. The molecule has 0 aromatic carbocycles. The third-order valence-electron chi connectivity index (χ3n) is 2.81. The molecule has 1 aliphatic heterocycles. The molecule has 1 rings (SSSR count). The normalized spacial score (nSPS) is 22.7. The van der Waals surface area contributed by atoms with E-state index >= 15 is 0 Å². The molecule has 3 nitrogen and oxygen atoms in total. The fraction of sp³-hybridized carbons (Fsp3) is 0.909. The number of amides is 1. The van der Waals surface area contributed by atoms with Crippen molar-refractivity contribution in [3.63, 3.8) is 0 Å². The summed E-state index contributed by atoms with van der Waals surface area (Å²) in [4.78, 5) is 13.6. The molecule has 1 atom stereocenters. The predicted octanol–water partition coefficient (Wildman–Crippen LogP) is 1.62. The van der Waals surface area contributed by atoms with Crippen LogP contribution in [-0.2, 0) is 4.79 Å². The maximum atomic E-state index is 11.2. The van der Waals surface area contributed by atoms with Crippen LogP contribution >= 0.6 is 15.9 Å². The minimum Gasteiger partial charge on any atom is -0.355 e. The summed E-state index contributed by atoms with van der Waals surface area (Å²) in [6.45, 7) is 6.47. The van der Waals surface area contributed by atoms with E-state index in [1.807, 2.05) is 0 Å². The standard InChI is InChI=1S/C11H21BrN2O/c1-10-3-2-7-14(9-10)8-6-13-11(15)4-5-12/h10H,2-9H2,1H3,(H,13,15). The minimum absolute atomic E-state index is 0.150. The molecular weight excluding hydrogens is 256 g/mol. The Labute approximate surface area is 101 Å². The molecule has 4 heteroatoms. The van der Waals surface area contributed by atoms with Gasteiger partial charge in [-0.05, 0) is 25.3 Å². The predicted molar refractivity (Wildman–Crippen MR) is 66.3 cm³/mol. The van der Waals surface area contributed by atoms with Crippen LogP contribution in [0, 0.1) is 5.92 Å². The Bertz CT molecular complexity index is 199. The van der Waals surface area contributed by atoms with E-state index in [0.717, 1.165) is 24.3 Å². The molecule has 1 N–H and O–H groups in total. The Kier molecular flexibility index (Phi) is 6.25. The summed E-state index contributed by atoms with van der Waals surface area (Å²) in [5.41, 5.74) is 0. The second-order valence-electron chi connectivity index (χ2n) is 4.34. The average Bonchev–Trinajstić information content (AvgIpc) is 2.18. The summed E-state index contributed by atoms with van der Waals surface area (Å²) < 4.78 is 0. The Morgan fingerprint density at radius 3 is 3.07 bits per heavy atom. The van der Waals surface area contributed by atoms with Crippen LogP contribution in [0.25, 0.3) is 0 Å². The smallest absolute Gasteiger partial charge is 0.220 e. The van der Waals surface area contributed by atoms with E-state index in [9.17, 15) is 4.79 Å². The van der Waals surface area contributed by atoms with Crippen LogP contribution in [0.2, 0.25) is 0 Å². The maximum Gasteiger partial charge on any atom is 0.220 e. The molecule has 0 bridgehead atoms. The van der Waals surface area contributed by atoms with Gasteiger partial charge in [0.2, 0.25) is 5.91 Å². The molecule has 0 aromatic rings. The SMILES string of the molecule is CC1CCCN(CCNC(=O)CCBr)C1. The van der Waals surface area contributed by atoms with Gasteiger partial charge in [0.1, 0.15) is 0 Å². The first kappa shape index (κ1) is 13.0. The Morgan fingerprint density at radius 1 is 1.60 bits per heavy atom. The second kappa shape index (κ2) is 7.23. The largest absolute Gasteiger partial charge is 0.355 e. The van der Waals surface area contributed by atoms with Gasteiger partial charge in [-0.3, -0.25) is 4.79 Å². The zero-order chi connectivity index (χ0) is 11.1. The fourth-order valence-electron chi connectivity index (χ4n) is 2.02. The van der Waals surface area contributed by atoms with Gasteiger partial charge in [0.15, 0.2) is 0 Å². The first-order valence-electron chi connectivity index (χ1n) is 5.77. The number of piperidine rings is 1. The number of hydrogen-bond acceptors (Lipinski definition) is 2. The number of carbonyl (C=O) groups excluding carboxylic acids is 1. The zero-order valence-corrected chi connectivity index (χ0v) is 11.1. The number of carbonyl (C=O) groups is 1. The van der Waals surface area contributed by atoms with Gasteiger partial charge in [-0.15, -0.1) is 0 Å². The van der Waals surface area contributed by atoms with Crippen LogP contribution in [0.4, 0.5) is 0 Å². The summed E-state index contributed by atoms with van der Waals surface area (Å²) in [5, 5.41) is 3.68. The topological polar surface area (TPSA) is 32.3 Å². The Morgan fingerprint density at radius 2 is 2.40 bits per heavy atom. The monoisotopic (exact) mass is 276 g/mol. The molecule has 0 aliphatic carbocycles. The molecule has 1 saturated heterocycles. The van der Waals surface area contributed by atoms with Crippen molar-refractivity contribution in [2.24, 2.45) is 5.92 Å². The molecule has 1 aliphatic rings. The van der Waals surface area contributed by atoms with E-state index in [2.05, 4.69) is 33.1 Å². The van der Waals surface area contributed by atoms with Gasteiger partial charge in [-0.25, -0.2) is 0 Å². The highest BCUT2D eigenvalue weighted by Crippen LogP contribution is 2.14. The number of rotatable bonds is 5. The third kappa shape index (κ3) is 5.52. The lowest BCUT2D eigenvalue weighted by atomic mass is 10.0. The van der Waals surface area contributed by atoms with Crippen molar-refractivity contribution in [2.75, 3.05) is 31.5 Å². The van der Waals surface area contributed by atoms with Gasteiger partial charge < -0.3 is 10.2 Å². The maximum absolute atomic E-state index is 11.2. The lowest BCUT2D eigenvalue weighted by Gasteiger charge is -2.30. The summed E-state index contributed by atoms with van der Waals surface area (Å²) >= 11 is 3.26. The number of likely N-dealkylation sites (tertiary alicyclic amines) is 1. The van der Waals surface area contributed by atoms with Crippen LogP contribution in [0.5, 0.6) is 0 Å². The highest BCUT2D eigenvalue weighted by molar-refractivity contribution is 9.09. The third-order valence-corrected chi connectivity index (χ3v) is 3.21. The van der Waals surface area contributed by atoms with Gasteiger partial charge in [-0.1, -0.05) is 22.9 Å². The van der Waals surface area contributed by atoms with Crippen LogP contribution in [0.3, 0.4) is 0 Å². The van der Waals surface area contributed by atoms with Crippen molar-refractivity contribution in [3.8, 4) is 0 Å². The van der Waals surface area contributed by atoms with Crippen molar-refractivity contribution in [3.05, 3.63) is 0 Å². The van der Waals surface area contributed by atoms with E-state index in [1.54, 1.807) is 0 Å². The van der Waals surface area contributed by atoms with Crippen molar-refractivity contribution >= 4 is 21.8 Å². The summed E-state index contributed by atoms with van der Waals surface area (Å²) in [7, 11) is 0. The molecule has 15 heavy (non-hydrogen) atoms. The molecule has 1 unspecified atom stereocenters. The molecule has 1 amide bonds. The van der Waals surface area contributed by atoms with Gasteiger partial charge >= 0.3 is 0 Å². The average molecular weight is 277 g/mol. The number of hydrogen-bond donors (Lipinski definition) is 1. The van der Waals surface area contributed by atoms with Crippen LogP contribution < -0.4 is 5.32 Å². The lowest BCUT2D eigenvalue weighted by molar-refractivity contribution is -0.120. The number of halogens is 1. The van der Waals surface area contributed by atoms with Gasteiger partial charge in [0.25, 0.3) is 0 Å². The zero-order valence-electron chi connectivity index (χ0n) is 9.47. The molecule has 88 valence electrons. The number of alkyl halides is 1. The molecule has 0 saturated carbocycles. The van der Waals surface area contributed by atoms with E-state index in [0.29, 0.717) is 6.42 Å². The van der Waals surface area contributed by atoms with Crippen molar-refractivity contribution < 1.29 is 4.79 Å². The Hall–Kier alpha value is -0.0900. The Balaban J connectivity index is 2.06. The van der Waals surface area contributed by atoms with Gasteiger partial charge in [0, 0.05) is 31.4 Å². The van der Waals surface area contributed by atoms with Crippen molar-refractivity contribution in [2.45, 2.75) is 26.2 Å². The van der Waals surface area contributed by atoms with Gasteiger partial charge in [-0.2, -0.15) is 0 Å². The van der Waals surface area contributed by atoms with Gasteiger partial charge in [0.05, 0.1) is 0 Å². The van der Waals surface area contributed by atoms with Crippen molar-refractivity contribution in [1.82, 2.24) is 10.2 Å². The molecule has 0 radical (unpaired) electrons. The molecule has 0 spiro atoms. The minimum atomic E-state index is 0.150. The highest BCUT2D eigenvalue weighted by atomic mass is 79.9. The lowest BCUT2D eigenvalue weighted by Crippen LogP contribution is -2.40. The first-order chi connectivity index (χ1) is 7.22. The fourth-order valence-corrected chi connectivity index (χ4v) is 2.38. The highest BCUT2D eigenvalue weighted by Gasteiger charge is 2.15. The van der Waals surface area contributed by atoms with E-state index in [4.69, 9.17) is 0 Å². The quantitative estimate of drug-likeness (QED) is 0.774. The van der Waals surface area contributed by atoms with Crippen LogP contribution in [0.1, 0.15) is 26.2 Å². The molecule has 1 fully saturated rings. The summed E-state index contributed by atoms with van der Waals surface area (Å²) in [6, 6.07) is 0. The number of nitrogens with zero attached hydrogens (tertiary/aromatic N) is 1. The van der Waals surface area contributed by atoms with Crippen LogP contribution in [0.15, 0.2) is 0 Å². The summed E-state index contributed by atoms with van der Waals surface area (Å²) in [6.07, 6.45) is 3.24. The van der Waals surface area contributed by atoms with E-state index < -0.39 is 0 Å². The second-order valence-corrected chi connectivity index (χ2v) is 5.13. The van der Waals surface area contributed by atoms with E-state index in [-0.39, 0.29) is 5.91 Å². The van der Waals surface area contributed by atoms with Crippen LogP contribution in [-0.4, -0.2) is 42.3 Å². The van der Waals surface area contributed by atoms with Crippen molar-refractivity contribution in [1.29, 1.82) is 0 Å².